The second-order valence-electron chi connectivity index (χ2n) is 9.80. The Bertz CT molecular complexity index is 1430. The summed E-state index contributed by atoms with van der Waals surface area (Å²) in [5, 5.41) is 17.6. The predicted molar refractivity (Wildman–Crippen MR) is 151 cm³/mol. The van der Waals surface area contributed by atoms with Crippen molar-refractivity contribution in [2.75, 3.05) is 39.3 Å². The highest BCUT2D eigenvalue weighted by Crippen LogP contribution is 2.32. The number of benzene rings is 1. The summed E-state index contributed by atoms with van der Waals surface area (Å²) < 4.78 is 21.4. The molecule has 2 N–H and O–H groups in total. The summed E-state index contributed by atoms with van der Waals surface area (Å²) in [6.07, 6.45) is 6.07. The van der Waals surface area contributed by atoms with Gasteiger partial charge in [-0.15, -0.1) is 0 Å². The summed E-state index contributed by atoms with van der Waals surface area (Å²) in [5.41, 5.74) is 4.38. The van der Waals surface area contributed by atoms with Crippen molar-refractivity contribution in [3.8, 4) is 5.75 Å². The number of hydrogen-bond donors (Lipinski definition) is 2. The topological polar surface area (TPSA) is 90.4 Å². The third-order valence-electron chi connectivity index (χ3n) is 7.05. The number of aliphatic hydroxyl groups is 1. The first kappa shape index (κ1) is 27.2. The third-order valence-corrected chi connectivity index (χ3v) is 7.35. The highest BCUT2D eigenvalue weighted by atomic mass is 35.5. The number of fused-ring (bicyclic) bond motifs is 1. The Morgan fingerprint density at radius 3 is 2.67 bits per heavy atom. The van der Waals surface area contributed by atoms with E-state index in [2.05, 4.69) is 30.0 Å². The molecule has 0 bridgehead atoms. The van der Waals surface area contributed by atoms with Crippen LogP contribution in [0.15, 0.2) is 48.9 Å². The van der Waals surface area contributed by atoms with Crippen LogP contribution in [0.3, 0.4) is 0 Å². The van der Waals surface area contributed by atoms with Crippen molar-refractivity contribution in [1.82, 2.24) is 30.0 Å². The number of pyridine rings is 2. The second kappa shape index (κ2) is 12.2. The summed E-state index contributed by atoms with van der Waals surface area (Å²) in [4.78, 5) is 13.2. The number of aromatic amines is 1. The van der Waals surface area contributed by atoms with Gasteiger partial charge in [0.05, 0.1) is 28.5 Å². The van der Waals surface area contributed by atoms with E-state index in [0.29, 0.717) is 34.1 Å². The Kier molecular flexibility index (Phi) is 8.52. The number of nitrogens with one attached hydrogen (secondary N) is 1. The standard InChI is InChI=1S/C29H32ClFN6O2/c1-19-15-32-17-25(30)29(19)20(2)39-23-5-6-27-24(13-23)28(35-34-27)14-26(31)21-3-4-22(33-16-21)18-37-9-7-36(8-10-37)11-12-38/h3-6,13-17,20,38H,7-12,18H2,1-2H3,(H,34,35)/b26-14-/t20-/m1/s1. The minimum absolute atomic E-state index is 0.186. The van der Waals surface area contributed by atoms with E-state index in [-0.39, 0.29) is 12.7 Å². The average molecular weight is 551 g/mol. The second-order valence-corrected chi connectivity index (χ2v) is 10.2. The summed E-state index contributed by atoms with van der Waals surface area (Å²) >= 11 is 6.36. The van der Waals surface area contributed by atoms with E-state index in [0.717, 1.165) is 54.9 Å². The molecule has 5 rings (SSSR count). The van der Waals surface area contributed by atoms with Gasteiger partial charge >= 0.3 is 0 Å². The smallest absolute Gasteiger partial charge is 0.134 e. The lowest BCUT2D eigenvalue weighted by molar-refractivity contribution is 0.107. The van der Waals surface area contributed by atoms with Gasteiger partial charge in [-0.1, -0.05) is 11.6 Å². The van der Waals surface area contributed by atoms with Crippen molar-refractivity contribution in [2.45, 2.75) is 26.5 Å². The molecule has 1 saturated heterocycles. The number of nitrogens with zero attached hydrogens (tertiary/aromatic N) is 5. The molecule has 0 spiro atoms. The molecule has 1 aromatic carbocycles. The minimum atomic E-state index is -0.406. The first-order valence-electron chi connectivity index (χ1n) is 13.0. The largest absolute Gasteiger partial charge is 0.486 e. The maximum atomic E-state index is 15.2. The lowest BCUT2D eigenvalue weighted by Crippen LogP contribution is -2.46. The number of β-amino-alcohol motifs (C(OH)–C–C–N with tert-alkyl or cyclic N) is 1. The molecule has 1 aliphatic heterocycles. The number of hydrogen-bond acceptors (Lipinski definition) is 7. The van der Waals surface area contributed by atoms with E-state index in [1.165, 1.54) is 6.08 Å². The number of aliphatic hydroxyl groups excluding tert-OH is 1. The number of halogens is 2. The number of ether oxygens (including phenoxy) is 1. The molecule has 8 nitrogen and oxygen atoms in total. The molecule has 204 valence electrons. The van der Waals surface area contributed by atoms with Gasteiger partial charge in [0.2, 0.25) is 0 Å². The van der Waals surface area contributed by atoms with Gasteiger partial charge in [-0.2, -0.15) is 5.10 Å². The molecular formula is C29H32ClFN6O2. The van der Waals surface area contributed by atoms with Crippen LogP contribution < -0.4 is 4.74 Å². The van der Waals surface area contributed by atoms with E-state index in [1.807, 2.05) is 38.1 Å². The lowest BCUT2D eigenvalue weighted by atomic mass is 10.1. The molecule has 4 heterocycles. The fourth-order valence-corrected chi connectivity index (χ4v) is 5.28. The van der Waals surface area contributed by atoms with Crippen LogP contribution in [0.4, 0.5) is 4.39 Å². The Hall–Kier alpha value is -3.37. The van der Waals surface area contributed by atoms with Gasteiger partial charge in [0, 0.05) is 80.4 Å². The zero-order chi connectivity index (χ0) is 27.4. The summed E-state index contributed by atoms with van der Waals surface area (Å²) in [6.45, 7) is 9.19. The molecule has 0 unspecified atom stereocenters. The van der Waals surface area contributed by atoms with E-state index in [9.17, 15) is 0 Å². The quantitative estimate of drug-likeness (QED) is 0.302. The van der Waals surface area contributed by atoms with Crippen LogP contribution in [0.25, 0.3) is 22.8 Å². The molecule has 10 heteroatoms. The SMILES string of the molecule is Cc1cncc(Cl)c1[C@@H](C)Oc1ccc2n[nH]c(/C=C(\F)c3ccc(CN4CCN(CCO)CC4)nc3)c2c1. The van der Waals surface area contributed by atoms with Crippen molar-refractivity contribution in [3.63, 3.8) is 0 Å². The average Bonchev–Trinajstić information content (AvgIpc) is 3.32. The van der Waals surface area contributed by atoms with Crippen LogP contribution in [-0.4, -0.2) is 74.4 Å². The molecule has 1 aliphatic rings. The number of rotatable bonds is 9. The maximum Gasteiger partial charge on any atom is 0.134 e. The number of piperazine rings is 1. The van der Waals surface area contributed by atoms with Crippen molar-refractivity contribution in [2.24, 2.45) is 0 Å². The molecular weight excluding hydrogens is 519 g/mol. The molecule has 0 aliphatic carbocycles. The number of aromatic nitrogens is 4. The summed E-state index contributed by atoms with van der Waals surface area (Å²) in [5.74, 6) is 0.220. The van der Waals surface area contributed by atoms with Gasteiger partial charge in [-0.25, -0.2) is 4.39 Å². The van der Waals surface area contributed by atoms with Crippen LogP contribution in [0.2, 0.25) is 5.02 Å². The van der Waals surface area contributed by atoms with Crippen molar-refractivity contribution in [1.29, 1.82) is 0 Å². The van der Waals surface area contributed by atoms with E-state index < -0.39 is 5.83 Å². The molecule has 3 aromatic heterocycles. The monoisotopic (exact) mass is 550 g/mol. The molecule has 4 aromatic rings. The molecule has 0 radical (unpaired) electrons. The fourth-order valence-electron chi connectivity index (χ4n) is 4.92. The molecule has 1 atom stereocenters. The minimum Gasteiger partial charge on any atom is -0.486 e. The van der Waals surface area contributed by atoms with E-state index in [1.54, 1.807) is 24.7 Å². The third kappa shape index (κ3) is 6.45. The van der Waals surface area contributed by atoms with Crippen LogP contribution in [0.1, 0.15) is 41.1 Å². The highest BCUT2D eigenvalue weighted by molar-refractivity contribution is 6.31. The zero-order valence-electron chi connectivity index (χ0n) is 22.1. The Labute approximate surface area is 232 Å². The van der Waals surface area contributed by atoms with Gasteiger partial charge < -0.3 is 9.84 Å². The molecule has 0 amide bonds. The van der Waals surface area contributed by atoms with Gasteiger partial charge in [0.25, 0.3) is 0 Å². The Morgan fingerprint density at radius 1 is 1.15 bits per heavy atom. The fraction of sp³-hybridized carbons (Fsp3) is 0.345. The predicted octanol–water partition coefficient (Wildman–Crippen LogP) is 5.03. The van der Waals surface area contributed by atoms with Crippen molar-refractivity contribution in [3.05, 3.63) is 82.0 Å². The van der Waals surface area contributed by atoms with Crippen LogP contribution >= 0.6 is 11.6 Å². The van der Waals surface area contributed by atoms with Crippen LogP contribution in [0, 0.1) is 6.92 Å². The van der Waals surface area contributed by atoms with Crippen molar-refractivity contribution < 1.29 is 14.2 Å². The van der Waals surface area contributed by atoms with Gasteiger partial charge in [-0.05, 0) is 49.7 Å². The van der Waals surface area contributed by atoms with E-state index >= 15 is 4.39 Å². The Morgan fingerprint density at radius 2 is 1.95 bits per heavy atom. The van der Waals surface area contributed by atoms with E-state index in [4.69, 9.17) is 21.4 Å². The molecule has 39 heavy (non-hydrogen) atoms. The van der Waals surface area contributed by atoms with Gasteiger partial charge in [-0.3, -0.25) is 24.9 Å². The lowest BCUT2D eigenvalue weighted by Gasteiger charge is -2.34. The highest BCUT2D eigenvalue weighted by Gasteiger charge is 2.18. The van der Waals surface area contributed by atoms with Crippen LogP contribution in [-0.2, 0) is 6.54 Å². The molecule has 0 saturated carbocycles. The first-order chi connectivity index (χ1) is 18.9. The number of H-pyrrole nitrogens is 1. The van der Waals surface area contributed by atoms with Crippen LogP contribution in [0.5, 0.6) is 5.75 Å². The van der Waals surface area contributed by atoms with Crippen molar-refractivity contribution >= 4 is 34.4 Å². The van der Waals surface area contributed by atoms with Gasteiger partial charge in [0.15, 0.2) is 0 Å². The maximum absolute atomic E-state index is 15.2. The normalized spacial score (nSPS) is 16.1. The number of aryl methyl sites for hydroxylation is 1. The Balaban J connectivity index is 1.27. The zero-order valence-corrected chi connectivity index (χ0v) is 22.8. The summed E-state index contributed by atoms with van der Waals surface area (Å²) in [6, 6.07) is 9.15. The summed E-state index contributed by atoms with van der Waals surface area (Å²) in [7, 11) is 0. The molecule has 1 fully saturated rings. The first-order valence-corrected chi connectivity index (χ1v) is 13.4. The van der Waals surface area contributed by atoms with Gasteiger partial charge in [0.1, 0.15) is 17.7 Å².